The van der Waals surface area contributed by atoms with Gasteiger partial charge in [-0.05, 0) is 12.0 Å². The zero-order valence-corrected chi connectivity index (χ0v) is 8.82. The van der Waals surface area contributed by atoms with Crippen molar-refractivity contribution in [1.29, 1.82) is 5.26 Å². The van der Waals surface area contributed by atoms with Gasteiger partial charge in [-0.1, -0.05) is 32.0 Å². The van der Waals surface area contributed by atoms with E-state index in [0.717, 1.165) is 11.3 Å². The highest BCUT2D eigenvalue weighted by Crippen LogP contribution is 2.30. The predicted molar refractivity (Wildman–Crippen MR) is 56.2 cm³/mol. The summed E-state index contributed by atoms with van der Waals surface area (Å²) in [4.78, 5) is 0. The largest absolute Gasteiger partial charge is 0.496 e. The highest BCUT2D eigenvalue weighted by molar-refractivity contribution is 5.39. The standard InChI is InChI=1S/C12H15NO/c1-9(2)11(8-13)10-6-4-5-7-12(10)14-3/h4-7,9,11H,1-3H3. The summed E-state index contributed by atoms with van der Waals surface area (Å²) in [5, 5.41) is 9.06. The molecule has 0 heterocycles. The van der Waals surface area contributed by atoms with E-state index in [9.17, 15) is 0 Å². The first-order valence-electron chi connectivity index (χ1n) is 4.73. The number of hydrogen-bond donors (Lipinski definition) is 0. The van der Waals surface area contributed by atoms with Gasteiger partial charge >= 0.3 is 0 Å². The molecule has 2 nitrogen and oxygen atoms in total. The van der Waals surface area contributed by atoms with E-state index in [1.807, 2.05) is 38.1 Å². The van der Waals surface area contributed by atoms with Gasteiger partial charge in [-0.15, -0.1) is 0 Å². The Labute approximate surface area is 85.1 Å². The molecular weight excluding hydrogens is 174 g/mol. The van der Waals surface area contributed by atoms with Crippen molar-refractivity contribution in [2.75, 3.05) is 7.11 Å². The van der Waals surface area contributed by atoms with Gasteiger partial charge in [0.15, 0.2) is 0 Å². The lowest BCUT2D eigenvalue weighted by Gasteiger charge is -2.16. The summed E-state index contributed by atoms with van der Waals surface area (Å²) < 4.78 is 5.23. The van der Waals surface area contributed by atoms with Gasteiger partial charge in [0.1, 0.15) is 5.75 Å². The van der Waals surface area contributed by atoms with Crippen LogP contribution in [0.15, 0.2) is 24.3 Å². The van der Waals surface area contributed by atoms with Gasteiger partial charge in [-0.3, -0.25) is 0 Å². The maximum Gasteiger partial charge on any atom is 0.123 e. The molecule has 1 atom stereocenters. The predicted octanol–water partition coefficient (Wildman–Crippen LogP) is 2.96. The fourth-order valence-electron chi connectivity index (χ4n) is 1.50. The van der Waals surface area contributed by atoms with Gasteiger partial charge in [0.05, 0.1) is 19.1 Å². The number of nitriles is 1. The maximum atomic E-state index is 9.06. The zero-order chi connectivity index (χ0) is 10.6. The molecule has 0 aliphatic carbocycles. The summed E-state index contributed by atoms with van der Waals surface area (Å²) in [7, 11) is 1.63. The van der Waals surface area contributed by atoms with Crippen LogP contribution in [0, 0.1) is 17.2 Å². The second kappa shape index (κ2) is 4.66. The fourth-order valence-corrected chi connectivity index (χ4v) is 1.50. The highest BCUT2D eigenvalue weighted by atomic mass is 16.5. The summed E-state index contributed by atoms with van der Waals surface area (Å²) in [6.07, 6.45) is 0. The van der Waals surface area contributed by atoms with Crippen molar-refractivity contribution in [2.45, 2.75) is 19.8 Å². The van der Waals surface area contributed by atoms with E-state index >= 15 is 0 Å². The molecule has 0 aromatic heterocycles. The molecule has 1 unspecified atom stereocenters. The molecule has 0 saturated carbocycles. The molecule has 1 aromatic carbocycles. The molecule has 0 aliphatic heterocycles. The van der Waals surface area contributed by atoms with Crippen molar-refractivity contribution in [3.63, 3.8) is 0 Å². The van der Waals surface area contributed by atoms with Crippen LogP contribution in [0.5, 0.6) is 5.75 Å². The van der Waals surface area contributed by atoms with Crippen LogP contribution in [0.2, 0.25) is 0 Å². The number of ether oxygens (including phenoxy) is 1. The van der Waals surface area contributed by atoms with E-state index in [2.05, 4.69) is 6.07 Å². The van der Waals surface area contributed by atoms with Crippen LogP contribution in [-0.4, -0.2) is 7.11 Å². The Hall–Kier alpha value is -1.49. The first-order valence-corrected chi connectivity index (χ1v) is 4.73. The minimum atomic E-state index is -0.0915. The Morgan fingerprint density at radius 3 is 2.43 bits per heavy atom. The number of methoxy groups -OCH3 is 1. The normalized spacial score (nSPS) is 12.2. The van der Waals surface area contributed by atoms with Gasteiger partial charge in [-0.2, -0.15) is 5.26 Å². The second-order valence-electron chi connectivity index (χ2n) is 3.59. The molecule has 0 radical (unpaired) electrons. The SMILES string of the molecule is COc1ccccc1C(C#N)C(C)C. The van der Waals surface area contributed by atoms with Crippen LogP contribution in [0.4, 0.5) is 0 Å². The Balaban J connectivity index is 3.10. The maximum absolute atomic E-state index is 9.06. The summed E-state index contributed by atoms with van der Waals surface area (Å²) in [6.45, 7) is 4.08. The van der Waals surface area contributed by atoms with Crippen molar-refractivity contribution in [1.82, 2.24) is 0 Å². The molecule has 14 heavy (non-hydrogen) atoms. The van der Waals surface area contributed by atoms with E-state index in [1.54, 1.807) is 7.11 Å². The summed E-state index contributed by atoms with van der Waals surface area (Å²) >= 11 is 0. The molecule has 0 N–H and O–H groups in total. The van der Waals surface area contributed by atoms with E-state index in [0.29, 0.717) is 5.92 Å². The lowest BCUT2D eigenvalue weighted by atomic mass is 9.89. The van der Waals surface area contributed by atoms with Crippen molar-refractivity contribution in [3.05, 3.63) is 29.8 Å². The van der Waals surface area contributed by atoms with Gasteiger partial charge < -0.3 is 4.74 Å². The average Bonchev–Trinajstić information content (AvgIpc) is 2.19. The lowest BCUT2D eigenvalue weighted by Crippen LogP contribution is -2.05. The Bertz CT molecular complexity index is 338. The molecule has 0 bridgehead atoms. The molecule has 0 amide bonds. The van der Waals surface area contributed by atoms with Crippen LogP contribution in [0.1, 0.15) is 25.3 Å². The molecule has 2 heteroatoms. The number of nitrogens with zero attached hydrogens (tertiary/aromatic N) is 1. The third-order valence-corrected chi connectivity index (χ3v) is 2.28. The van der Waals surface area contributed by atoms with Crippen molar-refractivity contribution >= 4 is 0 Å². The van der Waals surface area contributed by atoms with Crippen molar-refractivity contribution in [2.24, 2.45) is 5.92 Å². The Morgan fingerprint density at radius 2 is 1.93 bits per heavy atom. The van der Waals surface area contributed by atoms with Crippen LogP contribution < -0.4 is 4.74 Å². The number of hydrogen-bond acceptors (Lipinski definition) is 2. The highest BCUT2D eigenvalue weighted by Gasteiger charge is 2.18. The fraction of sp³-hybridized carbons (Fsp3) is 0.417. The van der Waals surface area contributed by atoms with Crippen LogP contribution in [0.25, 0.3) is 0 Å². The Kier molecular flexibility index (Phi) is 3.53. The van der Waals surface area contributed by atoms with Crippen LogP contribution in [0.3, 0.4) is 0 Å². The smallest absolute Gasteiger partial charge is 0.123 e. The van der Waals surface area contributed by atoms with Gasteiger partial charge in [0, 0.05) is 5.56 Å². The Morgan fingerprint density at radius 1 is 1.29 bits per heavy atom. The third-order valence-electron chi connectivity index (χ3n) is 2.28. The molecule has 1 aromatic rings. The molecule has 74 valence electrons. The number of benzene rings is 1. The summed E-state index contributed by atoms with van der Waals surface area (Å²) in [5.74, 6) is 1.01. The second-order valence-corrected chi connectivity index (χ2v) is 3.59. The van der Waals surface area contributed by atoms with Gasteiger partial charge in [0.2, 0.25) is 0 Å². The number of rotatable bonds is 3. The molecule has 1 rings (SSSR count). The lowest BCUT2D eigenvalue weighted by molar-refractivity contribution is 0.403. The first-order chi connectivity index (χ1) is 6.70. The van der Waals surface area contributed by atoms with E-state index in [4.69, 9.17) is 10.00 Å². The first kappa shape index (κ1) is 10.6. The van der Waals surface area contributed by atoms with Gasteiger partial charge in [0.25, 0.3) is 0 Å². The molecule has 0 fully saturated rings. The van der Waals surface area contributed by atoms with Crippen molar-refractivity contribution < 1.29 is 4.74 Å². The molecule has 0 aliphatic rings. The van der Waals surface area contributed by atoms with Crippen LogP contribution >= 0.6 is 0 Å². The molecule has 0 spiro atoms. The van der Waals surface area contributed by atoms with Crippen molar-refractivity contribution in [3.8, 4) is 11.8 Å². The third kappa shape index (κ3) is 2.05. The molecule has 0 saturated heterocycles. The van der Waals surface area contributed by atoms with E-state index < -0.39 is 0 Å². The van der Waals surface area contributed by atoms with Gasteiger partial charge in [-0.25, -0.2) is 0 Å². The number of para-hydroxylation sites is 1. The minimum absolute atomic E-state index is 0.0915. The summed E-state index contributed by atoms with van der Waals surface area (Å²) in [6, 6.07) is 10.0. The van der Waals surface area contributed by atoms with Crippen LogP contribution in [-0.2, 0) is 0 Å². The monoisotopic (exact) mass is 189 g/mol. The molecular formula is C12H15NO. The van der Waals surface area contributed by atoms with E-state index in [-0.39, 0.29) is 5.92 Å². The summed E-state index contributed by atoms with van der Waals surface area (Å²) in [5.41, 5.74) is 0.979. The topological polar surface area (TPSA) is 33.0 Å². The van der Waals surface area contributed by atoms with E-state index in [1.165, 1.54) is 0 Å². The average molecular weight is 189 g/mol. The minimum Gasteiger partial charge on any atom is -0.496 e. The quantitative estimate of drug-likeness (QED) is 0.732. The zero-order valence-electron chi connectivity index (χ0n) is 8.82.